The summed E-state index contributed by atoms with van der Waals surface area (Å²) in [4.78, 5) is 20.8. The maximum absolute atomic E-state index is 13.7. The molecule has 0 radical (unpaired) electrons. The van der Waals surface area contributed by atoms with Crippen molar-refractivity contribution in [2.45, 2.75) is 63.6 Å². The SMILES string of the molecule is COc1cc(C(=O)N2C[C@H]3CCC2[C@@H]3N)cc2nc(-c3cc4ccc(NCCC5CC5)cc4n3CC3CC3)n(C)c12. The number of imidazole rings is 1. The first-order chi connectivity index (χ1) is 20.0. The Morgan fingerprint density at radius 3 is 2.61 bits per heavy atom. The molecular formula is C33H40N6O2. The van der Waals surface area contributed by atoms with Gasteiger partial charge in [-0.1, -0.05) is 18.9 Å². The summed E-state index contributed by atoms with van der Waals surface area (Å²) in [6, 6.07) is 13.1. The Morgan fingerprint density at radius 1 is 1.07 bits per heavy atom. The van der Waals surface area contributed by atoms with Crippen molar-refractivity contribution in [1.82, 2.24) is 19.0 Å². The fraction of sp³-hybridized carbons (Fsp3) is 0.515. The molecule has 3 saturated carbocycles. The highest BCUT2D eigenvalue weighted by molar-refractivity contribution is 6.00. The van der Waals surface area contributed by atoms with E-state index < -0.39 is 0 Å². The number of hydrogen-bond donors (Lipinski definition) is 2. The van der Waals surface area contributed by atoms with Crippen molar-refractivity contribution in [2.24, 2.45) is 30.5 Å². The van der Waals surface area contributed by atoms with Gasteiger partial charge in [0, 0.05) is 55.4 Å². The molecule has 41 heavy (non-hydrogen) atoms. The van der Waals surface area contributed by atoms with Crippen LogP contribution in [0, 0.1) is 17.8 Å². The number of carbonyl (C=O) groups is 1. The van der Waals surface area contributed by atoms with Gasteiger partial charge in [0.1, 0.15) is 11.3 Å². The van der Waals surface area contributed by atoms with E-state index in [-0.39, 0.29) is 18.0 Å². The van der Waals surface area contributed by atoms with Gasteiger partial charge in [0.15, 0.2) is 5.82 Å². The van der Waals surface area contributed by atoms with E-state index in [0.29, 0.717) is 23.1 Å². The quantitative estimate of drug-likeness (QED) is 0.291. The minimum absolute atomic E-state index is 0.0321. The standard InChI is InChI=1S/C33H40N6O2/c1-37-31-25(13-23(15-29(31)41-2)33(40)39-18-22-8-10-26(39)30(22)34)36-32(37)28-14-21-7-9-24(35-12-11-19-3-4-19)16-27(21)38(28)17-20-5-6-20/h7,9,13-16,19-20,22,26,30,35H,3-6,8,10-12,17-18,34H2,1-2H3/t22-,26?,30-/m1/s1. The Hall–Kier alpha value is -3.52. The van der Waals surface area contributed by atoms with E-state index in [1.54, 1.807) is 7.11 Å². The lowest BCUT2D eigenvalue weighted by molar-refractivity contribution is 0.0700. The predicted molar refractivity (Wildman–Crippen MR) is 162 cm³/mol. The number of likely N-dealkylation sites (tertiary alicyclic amines) is 1. The van der Waals surface area contributed by atoms with Crippen LogP contribution in [0.5, 0.6) is 5.75 Å². The largest absolute Gasteiger partial charge is 0.494 e. The number of ether oxygens (including phenoxy) is 1. The molecule has 8 heteroatoms. The monoisotopic (exact) mass is 552 g/mol. The van der Waals surface area contributed by atoms with E-state index >= 15 is 0 Å². The number of benzene rings is 2. The van der Waals surface area contributed by atoms with Crippen LogP contribution in [0.4, 0.5) is 5.69 Å². The van der Waals surface area contributed by atoms with Crippen LogP contribution < -0.4 is 15.8 Å². The fourth-order valence-electron chi connectivity index (χ4n) is 7.40. The zero-order valence-electron chi connectivity index (χ0n) is 24.1. The molecule has 1 unspecified atom stereocenters. The summed E-state index contributed by atoms with van der Waals surface area (Å²) in [6.45, 7) is 2.77. The molecular weight excluding hydrogens is 512 g/mol. The van der Waals surface area contributed by atoms with Crippen LogP contribution in [-0.2, 0) is 13.6 Å². The van der Waals surface area contributed by atoms with E-state index in [4.69, 9.17) is 15.5 Å². The van der Waals surface area contributed by atoms with E-state index in [1.165, 1.54) is 48.7 Å². The molecule has 214 valence electrons. The molecule has 3 heterocycles. The van der Waals surface area contributed by atoms with E-state index in [2.05, 4.69) is 45.8 Å². The van der Waals surface area contributed by atoms with Crippen molar-refractivity contribution in [3.05, 3.63) is 42.0 Å². The van der Waals surface area contributed by atoms with Crippen LogP contribution in [-0.4, -0.2) is 57.2 Å². The third kappa shape index (κ3) is 4.30. The van der Waals surface area contributed by atoms with E-state index in [0.717, 1.165) is 60.9 Å². The van der Waals surface area contributed by atoms with E-state index in [9.17, 15) is 4.79 Å². The second-order valence-corrected chi connectivity index (χ2v) is 13.0. The fourth-order valence-corrected chi connectivity index (χ4v) is 7.40. The number of carbonyl (C=O) groups excluding carboxylic acids is 1. The summed E-state index contributed by atoms with van der Waals surface area (Å²) in [6.07, 6.45) is 8.71. The van der Waals surface area contributed by atoms with Crippen LogP contribution in [0.15, 0.2) is 36.4 Å². The number of rotatable bonds is 9. The van der Waals surface area contributed by atoms with Crippen molar-refractivity contribution < 1.29 is 9.53 Å². The lowest BCUT2D eigenvalue weighted by atomic mass is 10.1. The minimum atomic E-state index is 0.0321. The summed E-state index contributed by atoms with van der Waals surface area (Å²) in [7, 11) is 3.72. The Kier molecular flexibility index (Phi) is 5.85. The number of methoxy groups -OCH3 is 1. The van der Waals surface area contributed by atoms with Gasteiger partial charge in [-0.3, -0.25) is 4.79 Å². The molecule has 4 aromatic rings. The average Bonchev–Trinajstić information content (AvgIpc) is 3.88. The number of anilines is 1. The molecule has 8 nitrogen and oxygen atoms in total. The molecule has 0 spiro atoms. The summed E-state index contributed by atoms with van der Waals surface area (Å²) in [5, 5.41) is 4.89. The second kappa shape index (κ2) is 9.51. The number of aryl methyl sites for hydroxylation is 1. The zero-order chi connectivity index (χ0) is 27.8. The zero-order valence-corrected chi connectivity index (χ0v) is 24.1. The molecule has 4 aliphatic rings. The van der Waals surface area contributed by atoms with Gasteiger partial charge in [-0.2, -0.15) is 0 Å². The van der Waals surface area contributed by atoms with Crippen molar-refractivity contribution in [1.29, 1.82) is 0 Å². The molecule has 3 atom stereocenters. The highest BCUT2D eigenvalue weighted by Gasteiger charge is 2.47. The summed E-state index contributed by atoms with van der Waals surface area (Å²) < 4.78 is 10.4. The summed E-state index contributed by atoms with van der Waals surface area (Å²) in [5.74, 6) is 3.65. The van der Waals surface area contributed by atoms with Gasteiger partial charge in [0.05, 0.1) is 23.8 Å². The van der Waals surface area contributed by atoms with Crippen LogP contribution in [0.1, 0.15) is 55.3 Å². The molecule has 2 aromatic carbocycles. The van der Waals surface area contributed by atoms with Gasteiger partial charge >= 0.3 is 0 Å². The Bertz CT molecular complexity index is 1660. The second-order valence-electron chi connectivity index (χ2n) is 13.0. The molecule has 4 fully saturated rings. The number of nitrogens with one attached hydrogen (secondary N) is 1. The Balaban J connectivity index is 1.18. The lowest BCUT2D eigenvalue weighted by Crippen LogP contribution is -2.41. The topological polar surface area (TPSA) is 90.3 Å². The highest BCUT2D eigenvalue weighted by Crippen LogP contribution is 2.40. The van der Waals surface area contributed by atoms with Crippen LogP contribution in [0.3, 0.4) is 0 Å². The van der Waals surface area contributed by atoms with E-state index in [1.807, 2.05) is 17.0 Å². The molecule has 8 rings (SSSR count). The summed E-state index contributed by atoms with van der Waals surface area (Å²) in [5.41, 5.74) is 12.3. The van der Waals surface area contributed by atoms with Gasteiger partial charge in [-0.25, -0.2) is 4.98 Å². The van der Waals surface area contributed by atoms with Gasteiger partial charge in [-0.05, 0) is 80.2 Å². The number of nitrogens with zero attached hydrogens (tertiary/aromatic N) is 4. The number of nitrogens with two attached hydrogens (primary N) is 1. The van der Waals surface area contributed by atoms with Crippen molar-refractivity contribution in [3.8, 4) is 17.3 Å². The molecule has 3 N–H and O–H groups in total. The van der Waals surface area contributed by atoms with Crippen LogP contribution in [0.2, 0.25) is 0 Å². The Labute approximate surface area is 240 Å². The predicted octanol–water partition coefficient (Wildman–Crippen LogP) is 5.39. The van der Waals surface area contributed by atoms with Crippen LogP contribution >= 0.6 is 0 Å². The van der Waals surface area contributed by atoms with Gasteiger partial charge in [-0.15, -0.1) is 0 Å². The van der Waals surface area contributed by atoms with Crippen molar-refractivity contribution >= 4 is 33.5 Å². The number of aromatic nitrogens is 3. The third-order valence-corrected chi connectivity index (χ3v) is 10.2. The number of piperidine rings is 1. The van der Waals surface area contributed by atoms with Crippen molar-refractivity contribution in [2.75, 3.05) is 25.5 Å². The Morgan fingerprint density at radius 2 is 1.90 bits per heavy atom. The molecule has 3 aliphatic carbocycles. The third-order valence-electron chi connectivity index (χ3n) is 10.2. The average molecular weight is 553 g/mol. The number of fused-ring (bicyclic) bond motifs is 4. The van der Waals surface area contributed by atoms with Gasteiger partial charge in [0.25, 0.3) is 5.91 Å². The number of hydrogen-bond acceptors (Lipinski definition) is 5. The smallest absolute Gasteiger partial charge is 0.254 e. The molecule has 1 saturated heterocycles. The molecule has 1 amide bonds. The molecule has 1 aliphatic heterocycles. The van der Waals surface area contributed by atoms with Gasteiger partial charge < -0.3 is 29.8 Å². The van der Waals surface area contributed by atoms with Crippen LogP contribution in [0.25, 0.3) is 33.5 Å². The first-order valence-electron chi connectivity index (χ1n) is 15.5. The highest BCUT2D eigenvalue weighted by atomic mass is 16.5. The first kappa shape index (κ1) is 25.2. The number of amides is 1. The lowest BCUT2D eigenvalue weighted by Gasteiger charge is -2.27. The normalized spacial score (nSPS) is 23.7. The maximum atomic E-state index is 13.7. The molecule has 2 aromatic heterocycles. The summed E-state index contributed by atoms with van der Waals surface area (Å²) >= 11 is 0. The van der Waals surface area contributed by atoms with Gasteiger partial charge in [0.2, 0.25) is 0 Å². The van der Waals surface area contributed by atoms with Crippen molar-refractivity contribution in [3.63, 3.8) is 0 Å². The minimum Gasteiger partial charge on any atom is -0.494 e. The molecule has 2 bridgehead atoms. The maximum Gasteiger partial charge on any atom is 0.254 e. The first-order valence-corrected chi connectivity index (χ1v) is 15.5.